The molecule has 11 heteroatoms. The summed E-state index contributed by atoms with van der Waals surface area (Å²) in [6.07, 6.45) is 1.71. The molecule has 11 nitrogen and oxygen atoms in total. The number of nitrogens with zero attached hydrogens (tertiary/aromatic N) is 3. The van der Waals surface area contributed by atoms with Crippen LogP contribution in [0.25, 0.3) is 16.7 Å². The molecule has 35 heavy (non-hydrogen) atoms. The summed E-state index contributed by atoms with van der Waals surface area (Å²) in [7, 11) is 3.08. The molecule has 0 unspecified atom stereocenters. The van der Waals surface area contributed by atoms with E-state index in [-0.39, 0.29) is 35.2 Å². The van der Waals surface area contributed by atoms with Gasteiger partial charge in [-0.15, -0.1) is 4.91 Å². The molecule has 1 aromatic carbocycles. The molecule has 0 aliphatic heterocycles. The number of rotatable bonds is 3. The van der Waals surface area contributed by atoms with Gasteiger partial charge < -0.3 is 21.1 Å². The van der Waals surface area contributed by atoms with Crippen molar-refractivity contribution in [2.45, 2.75) is 24.4 Å². The van der Waals surface area contributed by atoms with Crippen molar-refractivity contribution in [3.05, 3.63) is 57.3 Å². The van der Waals surface area contributed by atoms with E-state index < -0.39 is 58.0 Å². The number of amides is 1. The average molecular weight is 478 g/mol. The minimum Gasteiger partial charge on any atom is -0.508 e. The Labute approximate surface area is 198 Å². The number of pyridine rings is 1. The van der Waals surface area contributed by atoms with Crippen LogP contribution in [0.5, 0.6) is 5.75 Å². The topological polar surface area (TPSA) is 183 Å². The number of aromatic hydroxyl groups is 1. The van der Waals surface area contributed by atoms with E-state index in [4.69, 9.17) is 5.73 Å². The van der Waals surface area contributed by atoms with Gasteiger partial charge in [0, 0.05) is 23.1 Å². The monoisotopic (exact) mass is 478 g/mol. The number of carbonyl (C=O) groups is 3. The van der Waals surface area contributed by atoms with E-state index in [1.54, 1.807) is 32.3 Å². The maximum absolute atomic E-state index is 13.9. The number of benzene rings is 1. The molecule has 0 radical (unpaired) electrons. The number of likely N-dealkylation sites (N-methyl/N-ethyl adjacent to an activating group) is 1. The molecule has 0 saturated heterocycles. The number of hydrogen-bond acceptors (Lipinski definition) is 10. The predicted octanol–water partition coefficient (Wildman–Crippen LogP) is 1.29. The molecular formula is C24H22N4O7. The van der Waals surface area contributed by atoms with Crippen molar-refractivity contribution in [1.82, 2.24) is 9.88 Å². The minimum atomic E-state index is -2.53. The van der Waals surface area contributed by atoms with Crippen LogP contribution in [0.15, 0.2) is 46.5 Å². The van der Waals surface area contributed by atoms with Gasteiger partial charge in [0.05, 0.1) is 11.6 Å². The quantitative estimate of drug-likeness (QED) is 0.373. The normalized spacial score (nSPS) is 28.1. The number of nitrogens with two attached hydrogens (primary N) is 1. The summed E-state index contributed by atoms with van der Waals surface area (Å²) in [6.45, 7) is 0. The Morgan fingerprint density at radius 1 is 1.26 bits per heavy atom. The lowest BCUT2D eigenvalue weighted by Crippen LogP contribution is -2.64. The van der Waals surface area contributed by atoms with E-state index >= 15 is 0 Å². The van der Waals surface area contributed by atoms with E-state index in [1.807, 2.05) is 0 Å². The SMILES string of the molecule is CN(C)[C@@H]1C(=O)C(C(N)=O)=C(O)[C@@]2(N=O)C(=O)C3=C(O)c4c(cc5cccnc5c4O)C[C@H]3C[C@@H]12. The highest BCUT2D eigenvalue weighted by Crippen LogP contribution is 2.54. The highest BCUT2D eigenvalue weighted by atomic mass is 16.3. The number of carbonyl (C=O) groups excluding carboxylic acids is 3. The van der Waals surface area contributed by atoms with Crippen molar-refractivity contribution in [2.24, 2.45) is 22.7 Å². The van der Waals surface area contributed by atoms with E-state index in [0.29, 0.717) is 10.9 Å². The molecule has 5 N–H and O–H groups in total. The Bertz CT molecular complexity index is 1430. The molecule has 3 aliphatic rings. The first-order valence-corrected chi connectivity index (χ1v) is 10.9. The molecule has 0 spiro atoms. The minimum absolute atomic E-state index is 0.00457. The van der Waals surface area contributed by atoms with Crippen LogP contribution in [0.4, 0.5) is 0 Å². The molecular weight excluding hydrogens is 456 g/mol. The van der Waals surface area contributed by atoms with E-state index in [0.717, 1.165) is 0 Å². The lowest BCUT2D eigenvalue weighted by molar-refractivity contribution is -0.134. The van der Waals surface area contributed by atoms with Crippen molar-refractivity contribution in [2.75, 3.05) is 14.1 Å². The number of aromatic nitrogens is 1. The van der Waals surface area contributed by atoms with Gasteiger partial charge in [-0.05, 0) is 55.7 Å². The van der Waals surface area contributed by atoms with Gasteiger partial charge in [0.15, 0.2) is 11.5 Å². The second-order valence-electron chi connectivity index (χ2n) is 9.39. The van der Waals surface area contributed by atoms with E-state index in [9.17, 15) is 34.6 Å². The van der Waals surface area contributed by atoms with Crippen LogP contribution in [0.3, 0.4) is 0 Å². The largest absolute Gasteiger partial charge is 0.508 e. The Morgan fingerprint density at radius 3 is 2.60 bits per heavy atom. The summed E-state index contributed by atoms with van der Waals surface area (Å²) in [5, 5.41) is 36.7. The third-order valence-corrected chi connectivity index (χ3v) is 7.42. The summed E-state index contributed by atoms with van der Waals surface area (Å²) < 4.78 is 0. The number of phenols is 1. The van der Waals surface area contributed by atoms with Gasteiger partial charge in [-0.1, -0.05) is 6.07 Å². The summed E-state index contributed by atoms with van der Waals surface area (Å²) in [6, 6.07) is 4.07. The van der Waals surface area contributed by atoms with Crippen molar-refractivity contribution in [3.63, 3.8) is 0 Å². The van der Waals surface area contributed by atoms with Gasteiger partial charge >= 0.3 is 0 Å². The number of ketones is 2. The number of nitroso groups, excluding NO2 is 1. The third-order valence-electron chi connectivity index (χ3n) is 7.42. The third kappa shape index (κ3) is 2.75. The van der Waals surface area contributed by atoms with Crippen molar-refractivity contribution in [3.8, 4) is 5.75 Å². The zero-order chi connectivity index (χ0) is 25.4. The second kappa shape index (κ2) is 7.44. The standard InChI is InChI=1S/C24H22N4O7/c1-28(2)17-12-8-11-7-10-6-9-4-3-5-26-16(9)19(30)13(10)18(29)14(11)21(32)24(12,27-35)22(33)15(20(17)31)23(25)34/h3-6,11-12,17,29-30,33H,7-8H2,1-2H3,(H2,25,34)/t11-,12-,17-,24-/m0/s1. The first-order valence-electron chi connectivity index (χ1n) is 10.9. The first kappa shape index (κ1) is 22.7. The van der Waals surface area contributed by atoms with Crippen LogP contribution in [0.2, 0.25) is 0 Å². The van der Waals surface area contributed by atoms with Crippen LogP contribution >= 0.6 is 0 Å². The average Bonchev–Trinajstić information content (AvgIpc) is 2.78. The fourth-order valence-electron chi connectivity index (χ4n) is 5.99. The van der Waals surface area contributed by atoms with E-state index in [1.165, 1.54) is 11.1 Å². The van der Waals surface area contributed by atoms with Crippen LogP contribution in [-0.4, -0.2) is 68.4 Å². The molecule has 0 bridgehead atoms. The number of aliphatic hydroxyl groups excluding tert-OH is 2. The number of phenolic OH excluding ortho intramolecular Hbond substituents is 1. The predicted molar refractivity (Wildman–Crippen MR) is 123 cm³/mol. The maximum Gasteiger partial charge on any atom is 0.255 e. The summed E-state index contributed by atoms with van der Waals surface area (Å²) in [5.41, 5.74) is 2.52. The van der Waals surface area contributed by atoms with Crippen LogP contribution in [0.1, 0.15) is 17.5 Å². The lowest BCUT2D eigenvalue weighted by atomic mass is 9.56. The zero-order valence-corrected chi connectivity index (χ0v) is 18.8. The number of fused-ring (bicyclic) bond motifs is 4. The van der Waals surface area contributed by atoms with Gasteiger partial charge in [0.25, 0.3) is 5.91 Å². The Kier molecular flexibility index (Phi) is 4.82. The molecule has 5 rings (SSSR count). The molecule has 1 amide bonds. The van der Waals surface area contributed by atoms with Gasteiger partial charge in [-0.25, -0.2) is 0 Å². The number of hydrogen-bond donors (Lipinski definition) is 4. The summed E-state index contributed by atoms with van der Waals surface area (Å²) in [5.74, 6) is -6.87. The second-order valence-corrected chi connectivity index (χ2v) is 9.39. The molecule has 1 saturated carbocycles. The maximum atomic E-state index is 13.9. The lowest BCUT2D eigenvalue weighted by Gasteiger charge is -2.49. The van der Waals surface area contributed by atoms with Gasteiger partial charge in [0.1, 0.15) is 22.6 Å². The Hall–Kier alpha value is -4.12. The van der Waals surface area contributed by atoms with Crippen molar-refractivity contribution < 1.29 is 29.7 Å². The number of primary amides is 1. The number of aliphatic hydroxyl groups is 2. The molecule has 4 atom stereocenters. The molecule has 2 aromatic rings. The molecule has 1 aromatic heterocycles. The Morgan fingerprint density at radius 2 is 1.97 bits per heavy atom. The fourth-order valence-corrected chi connectivity index (χ4v) is 5.99. The van der Waals surface area contributed by atoms with Crippen LogP contribution in [-0.2, 0) is 20.8 Å². The Balaban J connectivity index is 1.80. The van der Waals surface area contributed by atoms with Crippen molar-refractivity contribution in [1.29, 1.82) is 0 Å². The van der Waals surface area contributed by atoms with Gasteiger partial charge in [0.2, 0.25) is 11.3 Å². The molecule has 1 fully saturated rings. The first-order chi connectivity index (χ1) is 16.6. The highest BCUT2D eigenvalue weighted by Gasteiger charge is 2.66. The van der Waals surface area contributed by atoms with E-state index in [2.05, 4.69) is 10.2 Å². The zero-order valence-electron chi connectivity index (χ0n) is 18.8. The fraction of sp³-hybridized carbons (Fsp3) is 0.333. The highest BCUT2D eigenvalue weighted by molar-refractivity contribution is 6.25. The van der Waals surface area contributed by atoms with Crippen LogP contribution < -0.4 is 5.73 Å². The molecule has 3 aliphatic carbocycles. The van der Waals surface area contributed by atoms with Crippen molar-refractivity contribution >= 4 is 34.1 Å². The van der Waals surface area contributed by atoms with Gasteiger partial charge in [-0.3, -0.25) is 24.3 Å². The summed E-state index contributed by atoms with van der Waals surface area (Å²) >= 11 is 0. The van der Waals surface area contributed by atoms with Gasteiger partial charge in [-0.2, -0.15) is 0 Å². The molecule has 1 heterocycles. The van der Waals surface area contributed by atoms with Crippen LogP contribution in [0, 0.1) is 16.7 Å². The number of Topliss-reactive ketones (excluding diaryl/α,β-unsaturated/α-hetero) is 2. The summed E-state index contributed by atoms with van der Waals surface area (Å²) in [4.78, 5) is 57.0. The molecule has 180 valence electrons. The smallest absolute Gasteiger partial charge is 0.255 e.